The molecule has 3 rings (SSSR count). The van der Waals surface area contributed by atoms with Crippen molar-refractivity contribution in [2.24, 2.45) is 0 Å². The third-order valence-electron chi connectivity index (χ3n) is 5.20. The zero-order valence-electron chi connectivity index (χ0n) is 20.4. The lowest BCUT2D eigenvalue weighted by Gasteiger charge is -2.21. The Morgan fingerprint density at radius 2 is 1.94 bits per heavy atom. The molecule has 2 aromatic rings. The van der Waals surface area contributed by atoms with E-state index in [1.54, 1.807) is 12.0 Å². The number of benzene rings is 2. The molecule has 0 unspecified atom stereocenters. The predicted molar refractivity (Wildman–Crippen MR) is 141 cm³/mol. The van der Waals surface area contributed by atoms with Gasteiger partial charge < -0.3 is 15.0 Å². The first kappa shape index (κ1) is 26.5. The highest BCUT2D eigenvalue weighted by atomic mass is 32.2. The molecule has 1 aliphatic heterocycles. The van der Waals surface area contributed by atoms with Crippen molar-refractivity contribution in [1.29, 1.82) is 0 Å². The molecule has 0 aromatic heterocycles. The van der Waals surface area contributed by atoms with Gasteiger partial charge in [0.2, 0.25) is 0 Å². The minimum atomic E-state index is -0.192. The van der Waals surface area contributed by atoms with E-state index in [0.717, 1.165) is 23.5 Å². The number of nitrogens with zero attached hydrogens (tertiary/aromatic N) is 1. The zero-order valence-corrected chi connectivity index (χ0v) is 21.3. The number of anilines is 2. The topological polar surface area (TPSA) is 58.6 Å². The first-order valence-corrected chi connectivity index (χ1v) is 12.6. The SMILES string of the molecule is CCC.CCCCSc1ccc2c(c1)CCN2C(=O)/C(=C/C=O)c1ccc(NC)cc1OC. The summed E-state index contributed by atoms with van der Waals surface area (Å²) in [5.41, 5.74) is 3.90. The van der Waals surface area contributed by atoms with Crippen LogP contribution in [0.3, 0.4) is 0 Å². The molecule has 6 heteroatoms. The number of methoxy groups -OCH3 is 1. The van der Waals surface area contributed by atoms with Gasteiger partial charge in [0.1, 0.15) is 12.0 Å². The lowest BCUT2D eigenvalue weighted by atomic mass is 10.0. The molecule has 0 spiro atoms. The second-order valence-corrected chi connectivity index (χ2v) is 8.96. The minimum Gasteiger partial charge on any atom is -0.496 e. The monoisotopic (exact) mass is 468 g/mol. The van der Waals surface area contributed by atoms with Gasteiger partial charge in [-0.2, -0.15) is 0 Å². The Kier molecular flexibility index (Phi) is 11.0. The van der Waals surface area contributed by atoms with Crippen molar-refractivity contribution in [3.05, 3.63) is 53.6 Å². The fourth-order valence-electron chi connectivity index (χ4n) is 3.57. The summed E-state index contributed by atoms with van der Waals surface area (Å²) in [4.78, 5) is 27.8. The van der Waals surface area contributed by atoms with Crippen molar-refractivity contribution in [1.82, 2.24) is 0 Å². The zero-order chi connectivity index (χ0) is 24.2. The molecule has 1 N–H and O–H groups in total. The lowest BCUT2D eigenvalue weighted by Crippen LogP contribution is -2.30. The van der Waals surface area contributed by atoms with Crippen molar-refractivity contribution >= 4 is 40.9 Å². The van der Waals surface area contributed by atoms with E-state index in [1.165, 1.54) is 35.8 Å². The van der Waals surface area contributed by atoms with Crippen LogP contribution in [0.15, 0.2) is 47.4 Å². The second kappa shape index (κ2) is 13.7. The molecule has 0 saturated carbocycles. The molecular weight excluding hydrogens is 432 g/mol. The Hall–Kier alpha value is -2.73. The molecule has 0 radical (unpaired) electrons. The van der Waals surface area contributed by atoms with E-state index in [2.05, 4.69) is 38.2 Å². The number of carbonyl (C=O) groups excluding carboxylic acids is 2. The second-order valence-electron chi connectivity index (χ2n) is 7.79. The first-order valence-electron chi connectivity index (χ1n) is 11.6. The largest absolute Gasteiger partial charge is 0.496 e. The summed E-state index contributed by atoms with van der Waals surface area (Å²) < 4.78 is 5.49. The van der Waals surface area contributed by atoms with E-state index in [1.807, 2.05) is 43.1 Å². The molecule has 33 heavy (non-hydrogen) atoms. The highest BCUT2D eigenvalue weighted by Gasteiger charge is 2.29. The maximum Gasteiger partial charge on any atom is 0.259 e. The van der Waals surface area contributed by atoms with Gasteiger partial charge in [0.25, 0.3) is 5.91 Å². The molecular formula is C27H36N2O3S. The fraction of sp³-hybridized carbons (Fsp3) is 0.407. The van der Waals surface area contributed by atoms with Gasteiger partial charge in [0.15, 0.2) is 0 Å². The summed E-state index contributed by atoms with van der Waals surface area (Å²) in [5, 5.41) is 3.05. The van der Waals surface area contributed by atoms with Gasteiger partial charge in [-0.3, -0.25) is 9.59 Å². The van der Waals surface area contributed by atoms with Crippen LogP contribution in [-0.4, -0.2) is 38.6 Å². The van der Waals surface area contributed by atoms with Crippen LogP contribution in [0.5, 0.6) is 5.75 Å². The average molecular weight is 469 g/mol. The molecule has 1 heterocycles. The average Bonchev–Trinajstić information content (AvgIpc) is 3.26. The molecule has 1 amide bonds. The van der Waals surface area contributed by atoms with Crippen molar-refractivity contribution < 1.29 is 14.3 Å². The van der Waals surface area contributed by atoms with Crippen molar-refractivity contribution in [3.8, 4) is 5.75 Å². The van der Waals surface area contributed by atoms with Crippen LogP contribution in [0.25, 0.3) is 5.57 Å². The fourth-order valence-corrected chi connectivity index (χ4v) is 4.63. The van der Waals surface area contributed by atoms with Gasteiger partial charge >= 0.3 is 0 Å². The summed E-state index contributed by atoms with van der Waals surface area (Å²) in [5.74, 6) is 1.46. The number of amides is 1. The van der Waals surface area contributed by atoms with Crippen LogP contribution in [0.4, 0.5) is 11.4 Å². The number of ether oxygens (including phenoxy) is 1. The van der Waals surface area contributed by atoms with E-state index in [0.29, 0.717) is 29.7 Å². The maximum absolute atomic E-state index is 13.4. The number of rotatable bonds is 9. The summed E-state index contributed by atoms with van der Waals surface area (Å²) in [7, 11) is 3.38. The molecule has 0 atom stereocenters. The summed E-state index contributed by atoms with van der Waals surface area (Å²) in [6.07, 6.45) is 6.42. The van der Waals surface area contributed by atoms with Crippen LogP contribution < -0.4 is 15.0 Å². The molecule has 5 nitrogen and oxygen atoms in total. The summed E-state index contributed by atoms with van der Waals surface area (Å²) >= 11 is 1.86. The van der Waals surface area contributed by atoms with Crippen molar-refractivity contribution in [2.75, 3.05) is 36.7 Å². The third kappa shape index (κ3) is 6.87. The number of thioether (sulfide) groups is 1. The van der Waals surface area contributed by atoms with E-state index >= 15 is 0 Å². The van der Waals surface area contributed by atoms with Crippen molar-refractivity contribution in [2.45, 2.75) is 51.3 Å². The quantitative estimate of drug-likeness (QED) is 0.205. The number of hydrogen-bond donors (Lipinski definition) is 1. The Morgan fingerprint density at radius 3 is 2.58 bits per heavy atom. The van der Waals surface area contributed by atoms with Crippen LogP contribution in [0.2, 0.25) is 0 Å². The predicted octanol–water partition coefficient (Wildman–Crippen LogP) is 6.22. The molecule has 178 valence electrons. The third-order valence-corrected chi connectivity index (χ3v) is 6.28. The minimum absolute atomic E-state index is 0.192. The van der Waals surface area contributed by atoms with Gasteiger partial charge in [-0.25, -0.2) is 0 Å². The Labute approximate surface area is 202 Å². The number of allylic oxidation sites excluding steroid dienone is 1. The van der Waals surface area contributed by atoms with E-state index in [-0.39, 0.29) is 5.91 Å². The highest BCUT2D eigenvalue weighted by molar-refractivity contribution is 7.99. The van der Waals surface area contributed by atoms with E-state index < -0.39 is 0 Å². The van der Waals surface area contributed by atoms with Gasteiger partial charge in [-0.15, -0.1) is 11.8 Å². The van der Waals surface area contributed by atoms with Gasteiger partial charge in [0.05, 0.1) is 12.7 Å². The summed E-state index contributed by atoms with van der Waals surface area (Å²) in [6, 6.07) is 11.8. The number of nitrogens with one attached hydrogen (secondary N) is 1. The maximum atomic E-state index is 13.4. The highest BCUT2D eigenvalue weighted by Crippen LogP contribution is 2.36. The van der Waals surface area contributed by atoms with Gasteiger partial charge in [0, 0.05) is 41.5 Å². The molecule has 0 aliphatic carbocycles. The summed E-state index contributed by atoms with van der Waals surface area (Å²) in [6.45, 7) is 7.04. The first-order chi connectivity index (χ1) is 16.0. The normalized spacial score (nSPS) is 12.5. The van der Waals surface area contributed by atoms with Crippen LogP contribution in [-0.2, 0) is 16.0 Å². The van der Waals surface area contributed by atoms with Crippen molar-refractivity contribution in [3.63, 3.8) is 0 Å². The molecule has 0 saturated heterocycles. The van der Waals surface area contributed by atoms with Gasteiger partial charge in [-0.1, -0.05) is 33.6 Å². The number of fused-ring (bicyclic) bond motifs is 1. The van der Waals surface area contributed by atoms with E-state index in [9.17, 15) is 9.59 Å². The number of unbranched alkanes of at least 4 members (excludes halogenated alkanes) is 1. The van der Waals surface area contributed by atoms with Crippen LogP contribution in [0, 0.1) is 0 Å². The van der Waals surface area contributed by atoms with Crippen LogP contribution in [0.1, 0.15) is 51.2 Å². The molecule has 1 aliphatic rings. The number of carbonyl (C=O) groups is 2. The molecule has 0 bridgehead atoms. The molecule has 0 fully saturated rings. The van der Waals surface area contributed by atoms with E-state index in [4.69, 9.17) is 4.74 Å². The smallest absolute Gasteiger partial charge is 0.259 e. The standard InChI is InChI=1S/C24H28N2O3S.C3H8/c1-4-5-14-30-19-7-9-22-17(15-19)10-12-26(22)24(28)21(11-13-27)20-8-6-18(25-2)16-23(20)29-3;1-3-2/h6-9,11,13,15-16,25H,4-5,10,12,14H2,1-3H3;3H2,1-2H3/b21-11+;. The number of aldehydes is 1. The number of hydrogen-bond acceptors (Lipinski definition) is 5. The molecule has 2 aromatic carbocycles. The Bertz CT molecular complexity index is 972. The Morgan fingerprint density at radius 1 is 1.18 bits per heavy atom. The Balaban J connectivity index is 0.00000122. The van der Waals surface area contributed by atoms with Crippen LogP contribution >= 0.6 is 11.8 Å². The lowest BCUT2D eigenvalue weighted by molar-refractivity contribution is -0.113. The van der Waals surface area contributed by atoms with Gasteiger partial charge in [-0.05, 0) is 60.6 Å².